The van der Waals surface area contributed by atoms with Crippen LogP contribution < -0.4 is 9.64 Å². The number of anilines is 1. The molecule has 0 bridgehead atoms. The van der Waals surface area contributed by atoms with Gasteiger partial charge in [0.25, 0.3) is 5.91 Å². The lowest BCUT2D eigenvalue weighted by Gasteiger charge is -2.28. The second-order valence-electron chi connectivity index (χ2n) is 6.53. The Labute approximate surface area is 164 Å². The molecule has 1 fully saturated rings. The molecule has 2 aromatic carbocycles. The molecule has 1 aliphatic heterocycles. The molecule has 27 heavy (non-hydrogen) atoms. The van der Waals surface area contributed by atoms with Crippen LogP contribution in [0, 0.1) is 6.92 Å². The fourth-order valence-corrected chi connectivity index (χ4v) is 3.23. The Hall–Kier alpha value is -2.53. The summed E-state index contributed by atoms with van der Waals surface area (Å²) in [5, 5.41) is 0.588. The number of amides is 2. The van der Waals surface area contributed by atoms with E-state index in [0.717, 1.165) is 12.0 Å². The van der Waals surface area contributed by atoms with Gasteiger partial charge < -0.3 is 9.64 Å². The van der Waals surface area contributed by atoms with E-state index in [0.29, 0.717) is 41.6 Å². The molecule has 0 atom stereocenters. The third-order valence-electron chi connectivity index (χ3n) is 4.61. The van der Waals surface area contributed by atoms with Gasteiger partial charge in [-0.05, 0) is 62.2 Å². The number of ether oxygens (including phenoxy) is 1. The molecule has 0 N–H and O–H groups in total. The highest BCUT2D eigenvalue weighted by atomic mass is 35.5. The van der Waals surface area contributed by atoms with Crippen molar-refractivity contribution in [1.29, 1.82) is 0 Å². The predicted molar refractivity (Wildman–Crippen MR) is 106 cm³/mol. The van der Waals surface area contributed by atoms with E-state index in [4.69, 9.17) is 16.3 Å². The van der Waals surface area contributed by atoms with Gasteiger partial charge in [0.15, 0.2) is 0 Å². The first-order valence-electron chi connectivity index (χ1n) is 9.08. The van der Waals surface area contributed by atoms with Crippen LogP contribution in [-0.2, 0) is 4.79 Å². The summed E-state index contributed by atoms with van der Waals surface area (Å²) in [6, 6.07) is 12.5. The minimum Gasteiger partial charge on any atom is -0.494 e. The summed E-state index contributed by atoms with van der Waals surface area (Å²) >= 11 is 6.27. The fourth-order valence-electron chi connectivity index (χ4n) is 3.05. The predicted octanol–water partition coefficient (Wildman–Crippen LogP) is 4.27. The Balaban J connectivity index is 1.91. The molecule has 0 unspecified atom stereocenters. The van der Waals surface area contributed by atoms with Crippen molar-refractivity contribution in [1.82, 2.24) is 4.90 Å². The minimum atomic E-state index is -0.183. The number of aryl methyl sites for hydroxylation is 1. The van der Waals surface area contributed by atoms with Crippen LogP contribution in [0.15, 0.2) is 42.5 Å². The number of hydrogen-bond donors (Lipinski definition) is 0. The molecule has 5 nitrogen and oxygen atoms in total. The van der Waals surface area contributed by atoms with E-state index in [1.807, 2.05) is 26.0 Å². The number of rotatable bonds is 6. The highest BCUT2D eigenvalue weighted by Crippen LogP contribution is 2.26. The Bertz CT molecular complexity index is 836. The molecule has 0 aromatic heterocycles. The number of nitrogens with zero attached hydrogens (tertiary/aromatic N) is 2. The van der Waals surface area contributed by atoms with Crippen LogP contribution in [0.1, 0.15) is 35.7 Å². The Kier molecular flexibility index (Phi) is 6.01. The zero-order valence-electron chi connectivity index (χ0n) is 15.6. The van der Waals surface area contributed by atoms with Gasteiger partial charge in [-0.3, -0.25) is 14.5 Å². The van der Waals surface area contributed by atoms with Gasteiger partial charge >= 0.3 is 0 Å². The van der Waals surface area contributed by atoms with Gasteiger partial charge in [0.05, 0.1) is 6.61 Å². The maximum atomic E-state index is 13.2. The SMILES string of the molecule is CCOc1ccc(C(=O)N(CN2CCCC2=O)c2ccc(C)c(Cl)c2)cc1. The van der Waals surface area contributed by atoms with E-state index < -0.39 is 0 Å². The Morgan fingerprint density at radius 3 is 2.56 bits per heavy atom. The third-order valence-corrected chi connectivity index (χ3v) is 5.02. The first-order chi connectivity index (χ1) is 13.0. The molecule has 0 aliphatic carbocycles. The van der Waals surface area contributed by atoms with Crippen LogP contribution in [0.25, 0.3) is 0 Å². The summed E-state index contributed by atoms with van der Waals surface area (Å²) < 4.78 is 5.44. The second-order valence-corrected chi connectivity index (χ2v) is 6.93. The maximum Gasteiger partial charge on any atom is 0.259 e. The zero-order valence-corrected chi connectivity index (χ0v) is 16.3. The van der Waals surface area contributed by atoms with Crippen molar-refractivity contribution >= 4 is 29.1 Å². The van der Waals surface area contributed by atoms with E-state index in [-0.39, 0.29) is 18.5 Å². The molecule has 0 spiro atoms. The summed E-state index contributed by atoms with van der Waals surface area (Å²) in [7, 11) is 0. The van der Waals surface area contributed by atoms with Crippen molar-refractivity contribution in [2.24, 2.45) is 0 Å². The molecule has 2 aromatic rings. The van der Waals surface area contributed by atoms with Gasteiger partial charge in [0.1, 0.15) is 12.4 Å². The van der Waals surface area contributed by atoms with Crippen molar-refractivity contribution in [2.75, 3.05) is 24.7 Å². The van der Waals surface area contributed by atoms with Crippen LogP contribution >= 0.6 is 11.6 Å². The average Bonchev–Trinajstić information content (AvgIpc) is 3.07. The van der Waals surface area contributed by atoms with Crippen LogP contribution in [0.4, 0.5) is 5.69 Å². The highest BCUT2D eigenvalue weighted by molar-refractivity contribution is 6.31. The second kappa shape index (κ2) is 8.44. The Morgan fingerprint density at radius 1 is 1.22 bits per heavy atom. The molecule has 1 heterocycles. The molecule has 142 valence electrons. The fraction of sp³-hybridized carbons (Fsp3) is 0.333. The molecule has 2 amide bonds. The van der Waals surface area contributed by atoms with Gasteiger partial charge in [-0.2, -0.15) is 0 Å². The van der Waals surface area contributed by atoms with Crippen molar-refractivity contribution < 1.29 is 14.3 Å². The number of carbonyl (C=O) groups excluding carboxylic acids is 2. The monoisotopic (exact) mass is 386 g/mol. The largest absolute Gasteiger partial charge is 0.494 e. The van der Waals surface area contributed by atoms with Crippen LogP contribution in [0.2, 0.25) is 5.02 Å². The summed E-state index contributed by atoms with van der Waals surface area (Å²) in [6.45, 7) is 5.26. The van der Waals surface area contributed by atoms with Crippen molar-refractivity contribution in [3.63, 3.8) is 0 Å². The number of halogens is 1. The minimum absolute atomic E-state index is 0.0673. The van der Waals surface area contributed by atoms with Gasteiger partial charge in [-0.15, -0.1) is 0 Å². The van der Waals surface area contributed by atoms with Gasteiger partial charge in [-0.1, -0.05) is 17.7 Å². The lowest BCUT2D eigenvalue weighted by atomic mass is 10.1. The third kappa shape index (κ3) is 4.42. The van der Waals surface area contributed by atoms with Gasteiger partial charge in [0.2, 0.25) is 5.91 Å². The molecular formula is C21H23ClN2O3. The molecule has 1 aliphatic rings. The lowest BCUT2D eigenvalue weighted by Crippen LogP contribution is -2.42. The summed E-state index contributed by atoms with van der Waals surface area (Å²) in [4.78, 5) is 28.6. The van der Waals surface area contributed by atoms with Crippen LogP contribution in [0.3, 0.4) is 0 Å². The van der Waals surface area contributed by atoms with Gasteiger partial charge in [-0.25, -0.2) is 0 Å². The van der Waals surface area contributed by atoms with Crippen molar-refractivity contribution in [3.05, 3.63) is 58.6 Å². The average molecular weight is 387 g/mol. The van der Waals surface area contributed by atoms with Gasteiger partial charge in [0, 0.05) is 29.2 Å². The summed E-state index contributed by atoms with van der Waals surface area (Å²) in [5.41, 5.74) is 2.14. The topological polar surface area (TPSA) is 49.9 Å². The van der Waals surface area contributed by atoms with Crippen molar-refractivity contribution in [2.45, 2.75) is 26.7 Å². The van der Waals surface area contributed by atoms with Crippen LogP contribution in [0.5, 0.6) is 5.75 Å². The van der Waals surface area contributed by atoms with E-state index in [9.17, 15) is 9.59 Å². The van der Waals surface area contributed by atoms with Crippen LogP contribution in [-0.4, -0.2) is 36.5 Å². The maximum absolute atomic E-state index is 13.2. The molecule has 0 radical (unpaired) electrons. The summed E-state index contributed by atoms with van der Waals surface area (Å²) in [5.74, 6) is 0.601. The first kappa shape index (κ1) is 19.2. The normalized spacial score (nSPS) is 13.7. The molecule has 0 saturated carbocycles. The summed E-state index contributed by atoms with van der Waals surface area (Å²) in [6.07, 6.45) is 1.35. The standard InChI is InChI=1S/C21H23ClN2O3/c1-3-27-18-10-7-16(8-11-18)21(26)24(14-23-12-4-5-20(23)25)17-9-6-15(2)19(22)13-17/h6-11,13H,3-5,12,14H2,1-2H3. The molecule has 6 heteroatoms. The highest BCUT2D eigenvalue weighted by Gasteiger charge is 2.26. The number of benzene rings is 2. The molecule has 3 rings (SSSR count). The number of likely N-dealkylation sites (tertiary alicyclic amines) is 1. The van der Waals surface area contributed by atoms with Crippen molar-refractivity contribution in [3.8, 4) is 5.75 Å². The van der Waals surface area contributed by atoms with E-state index in [1.165, 1.54) is 0 Å². The number of carbonyl (C=O) groups is 2. The molecule has 1 saturated heterocycles. The number of hydrogen-bond acceptors (Lipinski definition) is 3. The smallest absolute Gasteiger partial charge is 0.259 e. The first-order valence-corrected chi connectivity index (χ1v) is 9.46. The van der Waals surface area contributed by atoms with E-state index in [2.05, 4.69) is 0 Å². The molecular weight excluding hydrogens is 364 g/mol. The zero-order chi connectivity index (χ0) is 19.4. The van der Waals surface area contributed by atoms with E-state index >= 15 is 0 Å². The lowest BCUT2D eigenvalue weighted by molar-refractivity contribution is -0.127. The van der Waals surface area contributed by atoms with E-state index in [1.54, 1.807) is 40.1 Å². The Morgan fingerprint density at radius 2 is 1.96 bits per heavy atom. The quantitative estimate of drug-likeness (QED) is 0.744.